The minimum Gasteiger partial charge on any atom is -0.309 e. The smallest absolute Gasteiger partial charge is 0.309 e. The summed E-state index contributed by atoms with van der Waals surface area (Å²) in [4.78, 5) is 31.2. The number of nitrogens with zero attached hydrogens (tertiary/aromatic N) is 8. The summed E-state index contributed by atoms with van der Waals surface area (Å²) in [6.45, 7) is 1.64. The van der Waals surface area contributed by atoms with E-state index in [1.807, 2.05) is 235 Å². The van der Waals surface area contributed by atoms with Crippen molar-refractivity contribution in [1.82, 2.24) is 39.0 Å². The minimum absolute atomic E-state index is 0.0651. The van der Waals surface area contributed by atoms with Crippen LogP contribution in [0.3, 0.4) is 0 Å². The van der Waals surface area contributed by atoms with Crippen LogP contribution in [0.1, 0.15) is 22.3 Å². The minimum atomic E-state index is -5.12. The van der Waals surface area contributed by atoms with Crippen LogP contribution >= 0.6 is 0 Å². The number of aromatic nitrogens is 8. The second kappa shape index (κ2) is 25.7. The first-order valence-electron chi connectivity index (χ1n) is 33.5. The molecule has 0 bridgehead atoms. The van der Waals surface area contributed by atoms with E-state index in [1.54, 1.807) is 31.2 Å². The molecule has 0 spiro atoms. The molecule has 4 aromatic heterocycles. The van der Waals surface area contributed by atoms with Crippen LogP contribution in [0.15, 0.2) is 303 Å². The van der Waals surface area contributed by atoms with Crippen molar-refractivity contribution in [3.8, 4) is 124 Å². The molecule has 0 amide bonds. The number of para-hydroxylation sites is 2. The van der Waals surface area contributed by atoms with E-state index < -0.39 is 40.8 Å². The van der Waals surface area contributed by atoms with E-state index >= 15 is 0 Å². The monoisotopic (exact) mass is 1390 g/mol. The molecule has 0 atom stereocenters. The Bertz CT molecular complexity index is 6120. The highest BCUT2D eigenvalue weighted by Crippen LogP contribution is 2.47. The number of alkyl halides is 9. The summed E-state index contributed by atoms with van der Waals surface area (Å²) in [5, 5.41) is 2.73. The SMILES string of the molecule is Cc1ccc(-c2ccc3c(c2)c2ccccc2n3-c2ccc(-c3cccc(-c4ccc(-n5c6ccccc6c6cc(-c7ccc(C(F)(F)F)cc7C(F)(F)F)ccc65)c(-c5nc(-c6ccccc6)nc(-c6ccccc6)n5)c4)c3)cc2-c2nc(-c3ccccc3)nc(-c3ccccc3)n2)c(C(F)(F)F)c1. The van der Waals surface area contributed by atoms with Gasteiger partial charge in [0, 0.05) is 54.9 Å². The van der Waals surface area contributed by atoms with E-state index in [0.717, 1.165) is 72.4 Å². The summed E-state index contributed by atoms with van der Waals surface area (Å²) in [7, 11) is 0. The molecular formula is C88H53F9N8. The number of hydrogen-bond acceptors (Lipinski definition) is 6. The molecule has 0 fully saturated rings. The van der Waals surface area contributed by atoms with Crippen LogP contribution < -0.4 is 0 Å². The van der Waals surface area contributed by atoms with E-state index in [-0.39, 0.29) is 17.2 Å². The molecule has 508 valence electrons. The van der Waals surface area contributed by atoms with Crippen LogP contribution in [0.2, 0.25) is 0 Å². The average Bonchev–Trinajstić information content (AvgIpc) is 1.60. The van der Waals surface area contributed by atoms with Crippen molar-refractivity contribution < 1.29 is 39.5 Å². The molecule has 0 aliphatic carbocycles. The van der Waals surface area contributed by atoms with Gasteiger partial charge < -0.3 is 9.13 Å². The van der Waals surface area contributed by atoms with Crippen LogP contribution in [-0.4, -0.2) is 39.0 Å². The molecule has 0 N–H and O–H groups in total. The van der Waals surface area contributed by atoms with E-state index in [9.17, 15) is 39.5 Å². The summed E-state index contributed by atoms with van der Waals surface area (Å²) < 4.78 is 135. The number of aryl methyl sites for hydroxylation is 1. The lowest BCUT2D eigenvalue weighted by molar-refractivity contribution is -0.143. The Balaban J connectivity index is 0.867. The highest BCUT2D eigenvalue weighted by Gasteiger charge is 2.39. The van der Waals surface area contributed by atoms with Gasteiger partial charge in [0.25, 0.3) is 0 Å². The number of rotatable bonds is 12. The molecule has 0 aliphatic heterocycles. The number of halogens is 9. The first kappa shape index (κ1) is 65.2. The maximum atomic E-state index is 14.9. The molecule has 0 saturated heterocycles. The Morgan fingerprint density at radius 1 is 0.229 bits per heavy atom. The van der Waals surface area contributed by atoms with Crippen molar-refractivity contribution in [3.63, 3.8) is 0 Å². The molecule has 17 aromatic rings. The standard InChI is InChI=1S/C88H53F9N8/c1-52-33-39-64(72(45-52)87(92,93)94)61-36-43-76-68(49-61)66-29-14-16-31-74(66)104(76)78-41-34-59(47-70(78)84-100-80(53-19-6-2-7-20-53)98-81(101-84)54-21-8-3-9-22-54)57-27-18-28-58(46-57)60-35-42-79(71(48-60)85-102-82(55-23-10-4-11-24-55)99-83(103-85)56-25-12-5-13-26-56)105-75-32-17-15-30-67(75)69-50-62(37-44-77(69)105)65-40-38-63(86(89,90)91)51-73(65)88(95,96)97/h2-51H,1H3. The fourth-order valence-electron chi connectivity index (χ4n) is 14.1. The first-order valence-corrected chi connectivity index (χ1v) is 33.5. The summed E-state index contributed by atoms with van der Waals surface area (Å²) in [6.07, 6.45) is -14.7. The lowest BCUT2D eigenvalue weighted by Gasteiger charge is -2.18. The molecule has 8 nitrogen and oxygen atoms in total. The summed E-state index contributed by atoms with van der Waals surface area (Å²) in [5.74, 6) is 2.27. The predicted octanol–water partition coefficient (Wildman–Crippen LogP) is 24.3. The van der Waals surface area contributed by atoms with E-state index in [0.29, 0.717) is 96.4 Å². The quantitative estimate of drug-likeness (QED) is 0.113. The van der Waals surface area contributed by atoms with Crippen molar-refractivity contribution in [3.05, 3.63) is 326 Å². The maximum Gasteiger partial charge on any atom is 0.417 e. The van der Waals surface area contributed by atoms with Gasteiger partial charge in [-0.25, -0.2) is 29.9 Å². The van der Waals surface area contributed by atoms with E-state index in [2.05, 4.69) is 16.7 Å². The third-order valence-electron chi connectivity index (χ3n) is 19.0. The first-order chi connectivity index (χ1) is 50.8. The Hall–Kier alpha value is -13.2. The molecule has 0 saturated carbocycles. The topological polar surface area (TPSA) is 87.2 Å². The summed E-state index contributed by atoms with van der Waals surface area (Å²) in [6, 6.07) is 89.9. The van der Waals surface area contributed by atoms with Gasteiger partial charge in [0.15, 0.2) is 34.9 Å². The zero-order chi connectivity index (χ0) is 71.9. The normalized spacial score (nSPS) is 12.1. The van der Waals surface area contributed by atoms with Gasteiger partial charge in [-0.1, -0.05) is 224 Å². The molecule has 0 aliphatic rings. The van der Waals surface area contributed by atoms with Gasteiger partial charge in [-0.05, 0) is 136 Å². The largest absolute Gasteiger partial charge is 0.417 e. The summed E-state index contributed by atoms with van der Waals surface area (Å²) in [5.41, 5.74) is 8.32. The highest BCUT2D eigenvalue weighted by molar-refractivity contribution is 6.12. The summed E-state index contributed by atoms with van der Waals surface area (Å²) >= 11 is 0. The van der Waals surface area contributed by atoms with Gasteiger partial charge in [0.05, 0.1) is 50.1 Å². The predicted molar refractivity (Wildman–Crippen MR) is 396 cm³/mol. The molecule has 17 heteroatoms. The van der Waals surface area contributed by atoms with Gasteiger partial charge in [0.1, 0.15) is 0 Å². The van der Waals surface area contributed by atoms with Gasteiger partial charge >= 0.3 is 18.5 Å². The van der Waals surface area contributed by atoms with Crippen LogP contribution in [0, 0.1) is 6.92 Å². The van der Waals surface area contributed by atoms with Crippen LogP contribution in [0.4, 0.5) is 39.5 Å². The van der Waals surface area contributed by atoms with Crippen LogP contribution in [0.5, 0.6) is 0 Å². The van der Waals surface area contributed by atoms with Gasteiger partial charge in [-0.2, -0.15) is 39.5 Å². The second-order valence-corrected chi connectivity index (χ2v) is 25.6. The Morgan fingerprint density at radius 3 is 0.962 bits per heavy atom. The van der Waals surface area contributed by atoms with E-state index in [4.69, 9.17) is 29.9 Å². The average molecular weight is 1390 g/mol. The number of fused-ring (bicyclic) bond motifs is 6. The van der Waals surface area contributed by atoms with Crippen molar-refractivity contribution in [2.45, 2.75) is 25.5 Å². The Labute approximate surface area is 594 Å². The van der Waals surface area contributed by atoms with Gasteiger partial charge in [-0.3, -0.25) is 0 Å². The van der Waals surface area contributed by atoms with Crippen molar-refractivity contribution in [2.24, 2.45) is 0 Å². The van der Waals surface area contributed by atoms with Gasteiger partial charge in [0.2, 0.25) is 0 Å². The molecule has 105 heavy (non-hydrogen) atoms. The maximum absolute atomic E-state index is 14.9. The van der Waals surface area contributed by atoms with Crippen LogP contribution in [0.25, 0.3) is 168 Å². The zero-order valence-electron chi connectivity index (χ0n) is 55.3. The van der Waals surface area contributed by atoms with Gasteiger partial charge in [-0.15, -0.1) is 0 Å². The number of benzene rings is 13. The molecular weight excluding hydrogens is 1340 g/mol. The fourth-order valence-corrected chi connectivity index (χ4v) is 14.1. The van der Waals surface area contributed by atoms with E-state index in [1.165, 1.54) is 18.2 Å². The number of hydrogen-bond donors (Lipinski definition) is 0. The lowest BCUT2D eigenvalue weighted by Crippen LogP contribution is -2.12. The molecule has 0 radical (unpaired) electrons. The zero-order valence-corrected chi connectivity index (χ0v) is 55.3. The molecule has 4 heterocycles. The fraction of sp³-hybridized carbons (Fsp3) is 0.0455. The highest BCUT2D eigenvalue weighted by atomic mass is 19.4. The van der Waals surface area contributed by atoms with Crippen molar-refractivity contribution in [1.29, 1.82) is 0 Å². The third-order valence-corrected chi connectivity index (χ3v) is 19.0. The van der Waals surface area contributed by atoms with Crippen molar-refractivity contribution in [2.75, 3.05) is 0 Å². The molecule has 17 rings (SSSR count). The Kier molecular flexibility index (Phi) is 16.0. The molecule has 0 unspecified atom stereocenters. The van der Waals surface area contributed by atoms with Crippen molar-refractivity contribution >= 4 is 43.6 Å². The Morgan fingerprint density at radius 2 is 0.562 bits per heavy atom. The molecule has 13 aromatic carbocycles. The lowest BCUT2D eigenvalue weighted by atomic mass is 9.95. The van der Waals surface area contributed by atoms with Crippen LogP contribution in [-0.2, 0) is 18.5 Å². The second-order valence-electron chi connectivity index (χ2n) is 25.6. The third kappa shape index (κ3) is 12.2.